The van der Waals surface area contributed by atoms with Gasteiger partial charge >= 0.3 is 0 Å². The fourth-order valence-electron chi connectivity index (χ4n) is 2.42. The lowest BCUT2D eigenvalue weighted by Gasteiger charge is -2.26. The summed E-state index contributed by atoms with van der Waals surface area (Å²) in [7, 11) is 0. The first-order valence-corrected chi connectivity index (χ1v) is 7.15. The third-order valence-corrected chi connectivity index (χ3v) is 3.67. The van der Waals surface area contributed by atoms with E-state index in [1.807, 2.05) is 0 Å². The van der Waals surface area contributed by atoms with E-state index in [1.54, 1.807) is 0 Å². The molecule has 1 N–H and O–H groups in total. The van der Waals surface area contributed by atoms with Gasteiger partial charge in [-0.3, -0.25) is 0 Å². The molecule has 1 rings (SSSR count). The fourth-order valence-corrected chi connectivity index (χ4v) is 2.42. The summed E-state index contributed by atoms with van der Waals surface area (Å²) in [4.78, 5) is 2.41. The maximum atomic E-state index is 10.2. The molecule has 0 radical (unpaired) electrons. The van der Waals surface area contributed by atoms with E-state index in [1.165, 1.54) is 6.42 Å². The summed E-state index contributed by atoms with van der Waals surface area (Å²) >= 11 is 0. The Morgan fingerprint density at radius 1 is 1.11 bits per heavy atom. The molecule has 3 heteroatoms. The van der Waals surface area contributed by atoms with Gasteiger partial charge in [-0.2, -0.15) is 0 Å². The maximum Gasteiger partial charge on any atom is 0.125 e. The first kappa shape index (κ1) is 17.8. The topological polar surface area (TPSA) is 23.5 Å². The molecule has 1 aliphatic carbocycles. The van der Waals surface area contributed by atoms with Gasteiger partial charge in [0.25, 0.3) is 0 Å². The minimum atomic E-state index is -0.659. The molecule has 0 unspecified atom stereocenters. The van der Waals surface area contributed by atoms with Crippen LogP contribution in [0.15, 0.2) is 0 Å². The highest BCUT2D eigenvalue weighted by molar-refractivity contribution is 5.85. The van der Waals surface area contributed by atoms with Crippen LogP contribution in [-0.4, -0.2) is 35.2 Å². The molecule has 1 fully saturated rings. The second-order valence-corrected chi connectivity index (χ2v) is 5.02. The van der Waals surface area contributed by atoms with Crippen molar-refractivity contribution in [1.82, 2.24) is 4.90 Å². The quantitative estimate of drug-likeness (QED) is 0.614. The molecule has 0 aliphatic heterocycles. The van der Waals surface area contributed by atoms with Crippen molar-refractivity contribution < 1.29 is 5.11 Å². The highest BCUT2D eigenvalue weighted by Gasteiger charge is 2.26. The number of halogens is 1. The Kier molecular flexibility index (Phi) is 9.54. The molecule has 0 atom stereocenters. The molecule has 2 nitrogen and oxygen atoms in total. The van der Waals surface area contributed by atoms with Crippen molar-refractivity contribution in [2.45, 2.75) is 64.4 Å². The number of nitrogens with zero attached hydrogens (tertiary/aromatic N) is 1. The van der Waals surface area contributed by atoms with Gasteiger partial charge in [-0.05, 0) is 51.7 Å². The van der Waals surface area contributed by atoms with Crippen LogP contribution in [0.2, 0.25) is 0 Å². The zero-order valence-electron chi connectivity index (χ0n) is 11.9. The van der Waals surface area contributed by atoms with E-state index < -0.39 is 5.60 Å². The lowest BCUT2D eigenvalue weighted by atomic mass is 9.85. The van der Waals surface area contributed by atoms with Gasteiger partial charge in [-0.15, -0.1) is 18.3 Å². The van der Waals surface area contributed by atoms with Gasteiger partial charge in [-0.25, -0.2) is 0 Å². The predicted octanol–water partition coefficient (Wildman–Crippen LogP) is 3.23. The van der Waals surface area contributed by atoms with Crippen molar-refractivity contribution in [1.29, 1.82) is 0 Å². The van der Waals surface area contributed by atoms with Crippen molar-refractivity contribution in [2.75, 3.05) is 19.6 Å². The highest BCUT2D eigenvalue weighted by atomic mass is 35.5. The lowest BCUT2D eigenvalue weighted by molar-refractivity contribution is 0.0609. The van der Waals surface area contributed by atoms with Crippen LogP contribution < -0.4 is 0 Å². The lowest BCUT2D eigenvalue weighted by Crippen LogP contribution is -2.29. The summed E-state index contributed by atoms with van der Waals surface area (Å²) < 4.78 is 0. The van der Waals surface area contributed by atoms with Crippen LogP contribution in [0.4, 0.5) is 0 Å². The van der Waals surface area contributed by atoms with Gasteiger partial charge in [0.2, 0.25) is 0 Å². The number of rotatable bonds is 5. The molecule has 0 bridgehead atoms. The molecule has 0 aromatic carbocycles. The average molecular weight is 274 g/mol. The van der Waals surface area contributed by atoms with Gasteiger partial charge in [0.05, 0.1) is 0 Å². The molecule has 0 amide bonds. The molecule has 106 valence electrons. The van der Waals surface area contributed by atoms with Gasteiger partial charge < -0.3 is 10.0 Å². The largest absolute Gasteiger partial charge is 0.378 e. The molecular weight excluding hydrogens is 246 g/mol. The van der Waals surface area contributed by atoms with Gasteiger partial charge in [0.1, 0.15) is 5.60 Å². The van der Waals surface area contributed by atoms with Crippen molar-refractivity contribution in [3.63, 3.8) is 0 Å². The first-order chi connectivity index (χ1) is 8.20. The second kappa shape index (κ2) is 9.67. The van der Waals surface area contributed by atoms with Crippen LogP contribution in [0.5, 0.6) is 0 Å². The van der Waals surface area contributed by atoms with Crippen LogP contribution in [-0.2, 0) is 0 Å². The summed E-state index contributed by atoms with van der Waals surface area (Å²) in [6, 6.07) is 0. The maximum absolute atomic E-state index is 10.2. The molecule has 1 aliphatic rings. The number of hydrogen-bond donors (Lipinski definition) is 1. The summed E-state index contributed by atoms with van der Waals surface area (Å²) in [5.41, 5.74) is -0.659. The minimum Gasteiger partial charge on any atom is -0.378 e. The minimum absolute atomic E-state index is 0. The Balaban J connectivity index is 0.00000289. The Hall–Kier alpha value is -0.230. The summed E-state index contributed by atoms with van der Waals surface area (Å²) in [6.07, 6.45) is 7.29. The van der Waals surface area contributed by atoms with E-state index >= 15 is 0 Å². The predicted molar refractivity (Wildman–Crippen MR) is 80.1 cm³/mol. The summed E-state index contributed by atoms with van der Waals surface area (Å²) in [5.74, 6) is 6.27. The normalized spacial score (nSPS) is 17.8. The number of hydrogen-bond acceptors (Lipinski definition) is 2. The van der Waals surface area contributed by atoms with Gasteiger partial charge in [0, 0.05) is 6.42 Å². The van der Waals surface area contributed by atoms with Gasteiger partial charge in [0.15, 0.2) is 0 Å². The van der Waals surface area contributed by atoms with Crippen molar-refractivity contribution in [3.8, 4) is 11.8 Å². The SMILES string of the molecule is CCN(CC)CCCC#CC1(O)CCCCC1.Cl. The van der Waals surface area contributed by atoms with E-state index in [9.17, 15) is 5.11 Å². The fraction of sp³-hybridized carbons (Fsp3) is 0.867. The molecule has 1 saturated carbocycles. The van der Waals surface area contributed by atoms with Crippen molar-refractivity contribution in [2.24, 2.45) is 0 Å². The standard InChI is InChI=1S/C15H27NO.ClH/c1-3-16(4-2)14-10-6-9-13-15(17)11-7-5-8-12-15;/h17H,3-8,10-12,14H2,1-2H3;1H. The Bertz CT molecular complexity index is 259. The van der Waals surface area contributed by atoms with E-state index in [2.05, 4.69) is 30.6 Å². The van der Waals surface area contributed by atoms with Crippen molar-refractivity contribution in [3.05, 3.63) is 0 Å². The Morgan fingerprint density at radius 3 is 2.28 bits per heavy atom. The molecule has 0 aromatic heterocycles. The Morgan fingerprint density at radius 2 is 1.72 bits per heavy atom. The highest BCUT2D eigenvalue weighted by Crippen LogP contribution is 2.27. The van der Waals surface area contributed by atoms with Crippen LogP contribution in [0, 0.1) is 11.8 Å². The van der Waals surface area contributed by atoms with Crippen LogP contribution >= 0.6 is 12.4 Å². The van der Waals surface area contributed by atoms with Crippen LogP contribution in [0.1, 0.15) is 58.8 Å². The van der Waals surface area contributed by atoms with E-state index in [4.69, 9.17) is 0 Å². The third kappa shape index (κ3) is 6.64. The van der Waals surface area contributed by atoms with Crippen LogP contribution in [0.25, 0.3) is 0 Å². The van der Waals surface area contributed by atoms with E-state index in [0.29, 0.717) is 0 Å². The Labute approximate surface area is 119 Å². The van der Waals surface area contributed by atoms with Crippen LogP contribution in [0.3, 0.4) is 0 Å². The molecule has 0 heterocycles. The molecule has 0 aromatic rings. The summed E-state index contributed by atoms with van der Waals surface area (Å²) in [5, 5.41) is 10.2. The first-order valence-electron chi connectivity index (χ1n) is 7.15. The average Bonchev–Trinajstić information content (AvgIpc) is 2.35. The third-order valence-electron chi connectivity index (χ3n) is 3.67. The molecule has 0 spiro atoms. The monoisotopic (exact) mass is 273 g/mol. The van der Waals surface area contributed by atoms with Crippen molar-refractivity contribution >= 4 is 12.4 Å². The zero-order valence-corrected chi connectivity index (χ0v) is 12.7. The second-order valence-electron chi connectivity index (χ2n) is 5.02. The smallest absolute Gasteiger partial charge is 0.125 e. The number of aliphatic hydroxyl groups is 1. The van der Waals surface area contributed by atoms with Gasteiger partial charge in [-0.1, -0.05) is 26.2 Å². The molecule has 18 heavy (non-hydrogen) atoms. The zero-order chi connectivity index (χ0) is 12.6. The molecule has 0 saturated heterocycles. The molecular formula is C15H28ClNO. The van der Waals surface area contributed by atoms with E-state index in [0.717, 1.165) is 58.2 Å². The summed E-state index contributed by atoms with van der Waals surface area (Å²) in [6.45, 7) is 7.75. The number of unbranched alkanes of at least 4 members (excludes halogenated alkanes) is 1. The van der Waals surface area contributed by atoms with E-state index in [-0.39, 0.29) is 12.4 Å².